The molecule has 0 radical (unpaired) electrons. The van der Waals surface area contributed by atoms with Crippen LogP contribution in [0.1, 0.15) is 43.2 Å². The number of aromatic nitrogens is 4. The molecule has 6 aromatic rings. The van der Waals surface area contributed by atoms with Gasteiger partial charge in [-0.05, 0) is 60.4 Å². The Hall–Kier alpha value is -4.45. The molecule has 2 heterocycles. The zero-order valence-corrected chi connectivity index (χ0v) is 30.1. The number of benzene rings is 4. The molecule has 0 atom stereocenters. The van der Waals surface area contributed by atoms with Crippen LogP contribution in [0.3, 0.4) is 0 Å². The van der Waals surface area contributed by atoms with E-state index in [0.29, 0.717) is 39.5 Å². The van der Waals surface area contributed by atoms with Gasteiger partial charge >= 0.3 is 0 Å². The van der Waals surface area contributed by atoms with E-state index in [9.17, 15) is 9.59 Å². The van der Waals surface area contributed by atoms with Gasteiger partial charge in [0.2, 0.25) is 0 Å². The highest BCUT2D eigenvalue weighted by Crippen LogP contribution is 2.27. The van der Waals surface area contributed by atoms with Gasteiger partial charge in [0.05, 0.1) is 38.3 Å². The summed E-state index contributed by atoms with van der Waals surface area (Å²) in [5.74, 6) is -0.596. The molecule has 10 nitrogen and oxygen atoms in total. The van der Waals surface area contributed by atoms with E-state index in [0.717, 1.165) is 49.1 Å². The number of carbonyl (C=O) groups excluding carboxylic acids is 2. The van der Waals surface area contributed by atoms with Crippen molar-refractivity contribution in [3.63, 3.8) is 0 Å². The minimum atomic E-state index is -0.311. The molecule has 2 amide bonds. The van der Waals surface area contributed by atoms with E-state index in [1.165, 1.54) is 19.3 Å². The zero-order chi connectivity index (χ0) is 35.4. The first-order valence-corrected chi connectivity index (χ1v) is 16.3. The largest absolute Gasteiger partial charge is 0.298 e. The highest BCUT2D eigenvalue weighted by molar-refractivity contribution is 6.35. The van der Waals surface area contributed by atoms with Crippen molar-refractivity contribution >= 4 is 68.4 Å². The molecule has 0 aliphatic carbocycles. The molecule has 0 aliphatic heterocycles. The van der Waals surface area contributed by atoms with Crippen LogP contribution >= 0.6 is 34.8 Å². The van der Waals surface area contributed by atoms with Crippen LogP contribution in [0.15, 0.2) is 78.9 Å². The standard InChI is InChI=1S/C19H20ClN3O2.C17H15Cl2N3O2/c1-12-8-9-14(16(20)10-12)11-23-18-13(2)6-5-7-15(18)17(21-23)19(24)22(3)25-4;1-21(24-2)17(23)16-13-5-3-4-6-15(13)22(20-16)10-11-7-8-12(18)9-14(11)19/h5-10H,11H2,1-4H3;3-9H,10H2,1-2H3. The zero-order valence-electron chi connectivity index (χ0n) is 27.9. The third-order valence-electron chi connectivity index (χ3n) is 8.02. The molecule has 13 heteroatoms. The minimum Gasteiger partial charge on any atom is -0.274 e. The predicted molar refractivity (Wildman–Crippen MR) is 193 cm³/mol. The Bertz CT molecular complexity index is 2160. The van der Waals surface area contributed by atoms with Crippen LogP contribution in [0.4, 0.5) is 0 Å². The van der Waals surface area contributed by atoms with Crippen LogP contribution in [0, 0.1) is 13.8 Å². The molecule has 0 aliphatic rings. The summed E-state index contributed by atoms with van der Waals surface area (Å²) in [7, 11) is 6.00. The molecule has 0 saturated carbocycles. The normalized spacial score (nSPS) is 11.0. The van der Waals surface area contributed by atoms with Gasteiger partial charge in [0.15, 0.2) is 11.4 Å². The third kappa shape index (κ3) is 7.74. The maximum atomic E-state index is 12.6. The number of hydrogen-bond donors (Lipinski definition) is 0. The van der Waals surface area contributed by atoms with E-state index in [2.05, 4.69) is 10.2 Å². The van der Waals surface area contributed by atoms with Crippen molar-refractivity contribution in [1.29, 1.82) is 0 Å². The average Bonchev–Trinajstić information content (AvgIpc) is 3.65. The van der Waals surface area contributed by atoms with E-state index < -0.39 is 0 Å². The van der Waals surface area contributed by atoms with Crippen molar-refractivity contribution < 1.29 is 19.3 Å². The Balaban J connectivity index is 0.000000191. The number of aryl methyl sites for hydroxylation is 2. The van der Waals surface area contributed by atoms with Crippen LogP contribution < -0.4 is 0 Å². The molecule has 49 heavy (non-hydrogen) atoms. The second kappa shape index (κ2) is 15.4. The first-order valence-electron chi connectivity index (χ1n) is 15.2. The molecule has 0 N–H and O–H groups in total. The molecule has 0 bridgehead atoms. The summed E-state index contributed by atoms with van der Waals surface area (Å²) in [6.07, 6.45) is 0. The van der Waals surface area contributed by atoms with Crippen LogP contribution in [0.2, 0.25) is 15.1 Å². The van der Waals surface area contributed by atoms with Crippen LogP contribution in [0.5, 0.6) is 0 Å². The lowest BCUT2D eigenvalue weighted by atomic mass is 10.1. The predicted octanol–water partition coefficient (Wildman–Crippen LogP) is 8.01. The van der Waals surface area contributed by atoms with Crippen molar-refractivity contribution in [2.24, 2.45) is 0 Å². The Kier molecular flexibility index (Phi) is 11.3. The molecule has 254 valence electrons. The van der Waals surface area contributed by atoms with Crippen LogP contribution in [-0.4, -0.2) is 69.8 Å². The summed E-state index contributed by atoms with van der Waals surface area (Å²) in [5.41, 5.74) is 6.45. The lowest BCUT2D eigenvalue weighted by Gasteiger charge is -2.11. The molecular formula is C36H35Cl3N6O4. The quantitative estimate of drug-likeness (QED) is 0.148. The Morgan fingerprint density at radius 2 is 1.24 bits per heavy atom. The van der Waals surface area contributed by atoms with E-state index >= 15 is 0 Å². The summed E-state index contributed by atoms with van der Waals surface area (Å²) in [6, 6.07) is 24.6. The maximum absolute atomic E-state index is 12.6. The fourth-order valence-corrected chi connectivity index (χ4v) is 6.08. The highest BCUT2D eigenvalue weighted by Gasteiger charge is 2.23. The van der Waals surface area contributed by atoms with Gasteiger partial charge in [-0.15, -0.1) is 0 Å². The van der Waals surface area contributed by atoms with Gasteiger partial charge in [0.1, 0.15) is 0 Å². The van der Waals surface area contributed by atoms with Crippen molar-refractivity contribution in [2.75, 3.05) is 28.3 Å². The lowest BCUT2D eigenvalue weighted by Crippen LogP contribution is -2.26. The average molecular weight is 722 g/mol. The van der Waals surface area contributed by atoms with Crippen molar-refractivity contribution in [1.82, 2.24) is 29.7 Å². The number of nitrogens with zero attached hydrogens (tertiary/aromatic N) is 6. The van der Waals surface area contributed by atoms with Gasteiger partial charge in [-0.1, -0.05) is 89.4 Å². The number of amides is 2. The number of hydroxylamine groups is 4. The molecule has 0 unspecified atom stereocenters. The maximum Gasteiger partial charge on any atom is 0.298 e. The fourth-order valence-electron chi connectivity index (χ4n) is 5.31. The van der Waals surface area contributed by atoms with Gasteiger partial charge < -0.3 is 0 Å². The van der Waals surface area contributed by atoms with Crippen molar-refractivity contribution in [2.45, 2.75) is 26.9 Å². The Labute approximate surface area is 299 Å². The Morgan fingerprint density at radius 3 is 1.88 bits per heavy atom. The molecule has 2 aromatic heterocycles. The number of para-hydroxylation sites is 2. The summed E-state index contributed by atoms with van der Waals surface area (Å²) in [5, 5.41) is 14.7. The number of carbonyl (C=O) groups is 2. The summed E-state index contributed by atoms with van der Waals surface area (Å²) < 4.78 is 3.58. The van der Waals surface area contributed by atoms with Crippen molar-refractivity contribution in [3.05, 3.63) is 128 Å². The summed E-state index contributed by atoms with van der Waals surface area (Å²) in [4.78, 5) is 35.0. The number of halogens is 3. The topological polar surface area (TPSA) is 94.7 Å². The highest BCUT2D eigenvalue weighted by atomic mass is 35.5. The van der Waals surface area contributed by atoms with E-state index in [4.69, 9.17) is 44.5 Å². The number of hydrogen-bond acceptors (Lipinski definition) is 6. The van der Waals surface area contributed by atoms with E-state index in [1.54, 1.807) is 30.9 Å². The molecule has 0 saturated heterocycles. The first-order chi connectivity index (χ1) is 23.4. The smallest absolute Gasteiger partial charge is 0.274 e. The second-order valence-corrected chi connectivity index (χ2v) is 12.6. The third-order valence-corrected chi connectivity index (χ3v) is 8.96. The molecular weight excluding hydrogens is 687 g/mol. The minimum absolute atomic E-state index is 0.285. The monoisotopic (exact) mass is 720 g/mol. The van der Waals surface area contributed by atoms with Crippen LogP contribution in [0.25, 0.3) is 21.8 Å². The second-order valence-electron chi connectivity index (χ2n) is 11.3. The fraction of sp³-hybridized carbons (Fsp3) is 0.222. The first kappa shape index (κ1) is 35.8. The van der Waals surface area contributed by atoms with Crippen molar-refractivity contribution in [3.8, 4) is 0 Å². The van der Waals surface area contributed by atoms with E-state index in [1.807, 2.05) is 85.3 Å². The van der Waals surface area contributed by atoms with Gasteiger partial charge in [-0.25, -0.2) is 10.1 Å². The van der Waals surface area contributed by atoms with Gasteiger partial charge in [0.25, 0.3) is 11.8 Å². The molecule has 0 fully saturated rings. The van der Waals surface area contributed by atoms with Crippen LogP contribution in [-0.2, 0) is 22.8 Å². The van der Waals surface area contributed by atoms with E-state index in [-0.39, 0.29) is 11.8 Å². The lowest BCUT2D eigenvalue weighted by molar-refractivity contribution is -0.0760. The SMILES string of the molecule is CON(C)C(=O)c1nn(Cc2ccc(C)cc2Cl)c2c(C)cccc12.CON(C)C(=O)c1nn(Cc2ccc(Cl)cc2Cl)c2ccccc12. The molecule has 0 spiro atoms. The summed E-state index contributed by atoms with van der Waals surface area (Å²) >= 11 is 18.6. The number of fused-ring (bicyclic) bond motifs is 2. The Morgan fingerprint density at radius 1 is 0.694 bits per heavy atom. The van der Waals surface area contributed by atoms with Gasteiger partial charge in [-0.3, -0.25) is 28.6 Å². The molecule has 6 rings (SSSR count). The van der Waals surface area contributed by atoms with Gasteiger partial charge in [-0.2, -0.15) is 10.2 Å². The number of rotatable bonds is 8. The van der Waals surface area contributed by atoms with Gasteiger partial charge in [0, 0.05) is 39.9 Å². The summed E-state index contributed by atoms with van der Waals surface area (Å²) in [6.45, 7) is 4.93. The molecule has 4 aromatic carbocycles.